The fourth-order valence-electron chi connectivity index (χ4n) is 1.59. The van der Waals surface area contributed by atoms with Crippen molar-refractivity contribution in [3.8, 4) is 17.2 Å². The number of hydrogen-bond acceptors (Lipinski definition) is 3. The molecule has 0 aromatic heterocycles. The van der Waals surface area contributed by atoms with Crippen molar-refractivity contribution in [2.45, 2.75) is 6.42 Å². The van der Waals surface area contributed by atoms with Crippen molar-refractivity contribution in [1.29, 1.82) is 0 Å². The number of phenolic OH excluding ortho intramolecular Hbond substituents is 3. The van der Waals surface area contributed by atoms with Gasteiger partial charge in [0.05, 0.1) is 0 Å². The van der Waals surface area contributed by atoms with Gasteiger partial charge in [0.2, 0.25) is 0 Å². The van der Waals surface area contributed by atoms with Crippen molar-refractivity contribution in [2.24, 2.45) is 0 Å². The summed E-state index contributed by atoms with van der Waals surface area (Å²) in [6.07, 6.45) is 2.48. The number of hydrogen-bond donors (Lipinski definition) is 3. The lowest BCUT2D eigenvalue weighted by Crippen LogP contribution is -1.89. The summed E-state index contributed by atoms with van der Waals surface area (Å²) >= 11 is 3.11. The molecule has 0 bridgehead atoms. The number of aromatic hydroxyl groups is 3. The predicted octanol–water partition coefficient (Wildman–Crippen LogP) is 3.36. The molecule has 1 radical (unpaired) electrons. The first-order valence-electron chi connectivity index (χ1n) is 5.39. The van der Waals surface area contributed by atoms with Crippen molar-refractivity contribution >= 4 is 15.9 Å². The van der Waals surface area contributed by atoms with Crippen LogP contribution >= 0.6 is 15.9 Å². The van der Waals surface area contributed by atoms with Crippen LogP contribution in [0.5, 0.6) is 17.2 Å². The van der Waals surface area contributed by atoms with E-state index in [-0.39, 0.29) is 17.2 Å². The first-order valence-corrected chi connectivity index (χ1v) is 6.19. The van der Waals surface area contributed by atoms with E-state index in [0.717, 1.165) is 5.56 Å². The van der Waals surface area contributed by atoms with E-state index in [2.05, 4.69) is 15.9 Å². The molecule has 0 amide bonds. The Balaban J connectivity index is 2.11. The van der Waals surface area contributed by atoms with Crippen LogP contribution < -0.4 is 0 Å². The van der Waals surface area contributed by atoms with E-state index in [9.17, 15) is 10.2 Å². The Morgan fingerprint density at radius 1 is 0.944 bits per heavy atom. The highest BCUT2D eigenvalue weighted by Gasteiger charge is 2.09. The zero-order chi connectivity index (χ0) is 13.1. The third-order valence-corrected chi connectivity index (χ3v) is 3.40. The van der Waals surface area contributed by atoms with Crippen LogP contribution in [0.25, 0.3) is 0 Å². The standard InChI is InChI=1S/C14H12BrO3/c15-13-12(17)8-5-10(14(13)18)4-1-9-2-6-11(16)7-3-9/h2-8,16-18H,1H2. The lowest BCUT2D eigenvalue weighted by molar-refractivity contribution is 0.442. The second-order valence-corrected chi connectivity index (χ2v) is 4.70. The van der Waals surface area contributed by atoms with Gasteiger partial charge in [0, 0.05) is 0 Å². The first-order chi connectivity index (χ1) is 8.58. The molecule has 93 valence electrons. The van der Waals surface area contributed by atoms with E-state index in [1.807, 2.05) is 18.6 Å². The molecule has 0 aliphatic rings. The van der Waals surface area contributed by atoms with Crippen molar-refractivity contribution in [3.05, 3.63) is 58.4 Å². The lowest BCUT2D eigenvalue weighted by atomic mass is 10.0. The maximum Gasteiger partial charge on any atom is 0.137 e. The zero-order valence-corrected chi connectivity index (χ0v) is 11.1. The molecule has 0 aliphatic heterocycles. The van der Waals surface area contributed by atoms with E-state index < -0.39 is 0 Å². The van der Waals surface area contributed by atoms with Crippen LogP contribution in [-0.4, -0.2) is 15.3 Å². The molecule has 3 N–H and O–H groups in total. The van der Waals surface area contributed by atoms with Crippen molar-refractivity contribution in [2.75, 3.05) is 0 Å². The van der Waals surface area contributed by atoms with Gasteiger partial charge in [0.1, 0.15) is 21.7 Å². The van der Waals surface area contributed by atoms with Gasteiger partial charge in [0.25, 0.3) is 0 Å². The molecule has 0 saturated carbocycles. The van der Waals surface area contributed by atoms with Crippen LogP contribution in [0.4, 0.5) is 0 Å². The highest BCUT2D eigenvalue weighted by molar-refractivity contribution is 9.10. The van der Waals surface area contributed by atoms with Gasteiger partial charge in [-0.05, 0) is 58.1 Å². The molecule has 0 heterocycles. The number of halogens is 1. The summed E-state index contributed by atoms with van der Waals surface area (Å²) in [5.74, 6) is 0.261. The highest BCUT2D eigenvalue weighted by atomic mass is 79.9. The molecule has 2 aromatic rings. The SMILES string of the molecule is Oc1ccc(C[CH]c2ccc(O)c(Br)c2O)cc1. The molecule has 3 nitrogen and oxygen atoms in total. The molecule has 2 aromatic carbocycles. The molecule has 0 atom stereocenters. The molecule has 18 heavy (non-hydrogen) atoms. The summed E-state index contributed by atoms with van der Waals surface area (Å²) in [5.41, 5.74) is 1.67. The first kappa shape index (κ1) is 12.8. The third kappa shape index (κ3) is 2.76. The maximum atomic E-state index is 9.82. The molecule has 0 aliphatic carbocycles. The second kappa shape index (κ2) is 5.31. The lowest BCUT2D eigenvalue weighted by Gasteiger charge is -2.07. The largest absolute Gasteiger partial charge is 0.508 e. The minimum atomic E-state index is 0.00860. The van der Waals surface area contributed by atoms with E-state index in [1.165, 1.54) is 6.07 Å². The predicted molar refractivity (Wildman–Crippen MR) is 72.7 cm³/mol. The fourth-order valence-corrected chi connectivity index (χ4v) is 1.95. The van der Waals surface area contributed by atoms with Crippen LogP contribution in [-0.2, 0) is 6.42 Å². The van der Waals surface area contributed by atoms with Crippen molar-refractivity contribution in [1.82, 2.24) is 0 Å². The van der Waals surface area contributed by atoms with Crippen LogP contribution in [0, 0.1) is 6.42 Å². The molecule has 0 spiro atoms. The average Bonchev–Trinajstić information content (AvgIpc) is 2.37. The molecule has 4 heteroatoms. The van der Waals surface area contributed by atoms with E-state index in [1.54, 1.807) is 18.2 Å². The van der Waals surface area contributed by atoms with Crippen molar-refractivity contribution in [3.63, 3.8) is 0 Å². The van der Waals surface area contributed by atoms with Gasteiger partial charge in [-0.2, -0.15) is 0 Å². The van der Waals surface area contributed by atoms with Crippen LogP contribution in [0.3, 0.4) is 0 Å². The minimum Gasteiger partial charge on any atom is -0.508 e. The molecule has 2 rings (SSSR count). The molecule has 0 unspecified atom stereocenters. The molecule has 0 fully saturated rings. The van der Waals surface area contributed by atoms with Gasteiger partial charge in [0.15, 0.2) is 0 Å². The average molecular weight is 308 g/mol. The summed E-state index contributed by atoms with van der Waals surface area (Å²) in [4.78, 5) is 0. The Hall–Kier alpha value is -1.68. The van der Waals surface area contributed by atoms with E-state index >= 15 is 0 Å². The third-order valence-electron chi connectivity index (χ3n) is 2.62. The Morgan fingerprint density at radius 2 is 1.61 bits per heavy atom. The summed E-state index contributed by atoms with van der Waals surface area (Å²) in [7, 11) is 0. The quantitative estimate of drug-likeness (QED) is 0.815. The van der Waals surface area contributed by atoms with Crippen LogP contribution in [0.2, 0.25) is 0 Å². The van der Waals surface area contributed by atoms with Gasteiger partial charge in [-0.3, -0.25) is 0 Å². The smallest absolute Gasteiger partial charge is 0.137 e. The Labute approximate surface area is 113 Å². The van der Waals surface area contributed by atoms with Crippen LogP contribution in [0.1, 0.15) is 11.1 Å². The van der Waals surface area contributed by atoms with E-state index in [0.29, 0.717) is 16.5 Å². The molecular formula is C14H12BrO3. The molecule has 0 saturated heterocycles. The monoisotopic (exact) mass is 307 g/mol. The second-order valence-electron chi connectivity index (χ2n) is 3.91. The highest BCUT2D eigenvalue weighted by Crippen LogP contribution is 2.36. The van der Waals surface area contributed by atoms with Gasteiger partial charge in [-0.1, -0.05) is 18.2 Å². The van der Waals surface area contributed by atoms with Crippen molar-refractivity contribution < 1.29 is 15.3 Å². The summed E-state index contributed by atoms with van der Waals surface area (Å²) in [5, 5.41) is 28.4. The topological polar surface area (TPSA) is 60.7 Å². The van der Waals surface area contributed by atoms with Gasteiger partial charge in [-0.25, -0.2) is 0 Å². The zero-order valence-electron chi connectivity index (χ0n) is 9.47. The van der Waals surface area contributed by atoms with Gasteiger partial charge < -0.3 is 15.3 Å². The summed E-state index contributed by atoms with van der Waals surface area (Å²) in [6.45, 7) is 0. The number of benzene rings is 2. The minimum absolute atomic E-state index is 0.00860. The summed E-state index contributed by atoms with van der Waals surface area (Å²) in [6, 6.07) is 10.0. The Kier molecular flexibility index (Phi) is 3.77. The number of rotatable bonds is 3. The van der Waals surface area contributed by atoms with Gasteiger partial charge in [-0.15, -0.1) is 0 Å². The fraction of sp³-hybridized carbons (Fsp3) is 0.0714. The maximum absolute atomic E-state index is 9.82. The number of phenols is 3. The summed E-state index contributed by atoms with van der Waals surface area (Å²) < 4.78 is 0.293. The van der Waals surface area contributed by atoms with Gasteiger partial charge >= 0.3 is 0 Å². The normalized spacial score (nSPS) is 10.5. The Bertz CT molecular complexity index is 550. The van der Waals surface area contributed by atoms with Crippen LogP contribution in [0.15, 0.2) is 40.9 Å². The van der Waals surface area contributed by atoms with E-state index in [4.69, 9.17) is 5.11 Å². The molecular weight excluding hydrogens is 296 g/mol. The Morgan fingerprint density at radius 3 is 2.28 bits per heavy atom.